The van der Waals surface area contributed by atoms with Crippen LogP contribution in [0.5, 0.6) is 5.75 Å². The maximum Gasteiger partial charge on any atom is 0.144 e. The molecule has 2 rings (SSSR count). The topological polar surface area (TPSA) is 47.0 Å². The van der Waals surface area contributed by atoms with E-state index in [9.17, 15) is 0 Å². The lowest BCUT2D eigenvalue weighted by atomic mass is 10.1. The molecule has 0 radical (unpaired) electrons. The van der Waals surface area contributed by atoms with Crippen LogP contribution in [-0.2, 0) is 0 Å². The van der Waals surface area contributed by atoms with E-state index in [-0.39, 0.29) is 0 Å². The normalized spacial score (nSPS) is 10.1. The highest BCUT2D eigenvalue weighted by Crippen LogP contribution is 2.31. The van der Waals surface area contributed by atoms with Crippen LogP contribution in [0.25, 0.3) is 11.3 Å². The zero-order chi connectivity index (χ0) is 12.3. The molecule has 0 amide bonds. The number of hydrogen-bond acceptors (Lipinski definition) is 4. The third-order valence-electron chi connectivity index (χ3n) is 2.33. The van der Waals surface area contributed by atoms with Crippen LogP contribution in [0.3, 0.4) is 0 Å². The SMILES string of the molecule is CNc1cncc(-c2cc(Cl)ccc2OC)n1. The van der Waals surface area contributed by atoms with E-state index in [1.807, 2.05) is 12.1 Å². The highest BCUT2D eigenvalue weighted by molar-refractivity contribution is 6.30. The van der Waals surface area contributed by atoms with E-state index in [0.717, 1.165) is 17.0 Å². The van der Waals surface area contributed by atoms with Crippen molar-refractivity contribution in [3.8, 4) is 17.0 Å². The van der Waals surface area contributed by atoms with E-state index in [0.29, 0.717) is 10.8 Å². The average Bonchev–Trinajstić information content (AvgIpc) is 2.39. The number of nitrogens with one attached hydrogen (secondary N) is 1. The van der Waals surface area contributed by atoms with Crippen molar-refractivity contribution in [3.63, 3.8) is 0 Å². The van der Waals surface area contributed by atoms with Crippen molar-refractivity contribution in [1.82, 2.24) is 9.97 Å². The van der Waals surface area contributed by atoms with Gasteiger partial charge in [0.2, 0.25) is 0 Å². The standard InChI is InChI=1S/C12H12ClN3O/c1-14-12-7-15-6-10(16-12)9-5-8(13)3-4-11(9)17-2/h3-7H,1-2H3,(H,14,16). The Morgan fingerprint density at radius 1 is 1.29 bits per heavy atom. The van der Waals surface area contributed by atoms with Crippen LogP contribution in [0.4, 0.5) is 5.82 Å². The average molecular weight is 250 g/mol. The van der Waals surface area contributed by atoms with Gasteiger partial charge in [-0.2, -0.15) is 0 Å². The van der Waals surface area contributed by atoms with E-state index >= 15 is 0 Å². The van der Waals surface area contributed by atoms with E-state index in [4.69, 9.17) is 16.3 Å². The molecular formula is C12H12ClN3O. The Bertz CT molecular complexity index is 531. The van der Waals surface area contributed by atoms with Crippen molar-refractivity contribution in [3.05, 3.63) is 35.6 Å². The van der Waals surface area contributed by atoms with Gasteiger partial charge in [0.1, 0.15) is 11.6 Å². The van der Waals surface area contributed by atoms with Gasteiger partial charge in [0.15, 0.2) is 0 Å². The van der Waals surface area contributed by atoms with E-state index in [1.165, 1.54) is 0 Å². The molecule has 17 heavy (non-hydrogen) atoms. The Morgan fingerprint density at radius 3 is 2.82 bits per heavy atom. The van der Waals surface area contributed by atoms with Gasteiger partial charge in [-0.1, -0.05) is 11.6 Å². The van der Waals surface area contributed by atoms with Gasteiger partial charge >= 0.3 is 0 Å². The molecular weight excluding hydrogens is 238 g/mol. The Kier molecular flexibility index (Phi) is 3.44. The van der Waals surface area contributed by atoms with Gasteiger partial charge in [-0.05, 0) is 18.2 Å². The number of benzene rings is 1. The zero-order valence-corrected chi connectivity index (χ0v) is 10.3. The fourth-order valence-corrected chi connectivity index (χ4v) is 1.67. The molecule has 0 spiro atoms. The Hall–Kier alpha value is -1.81. The minimum Gasteiger partial charge on any atom is -0.496 e. The molecule has 0 saturated carbocycles. The quantitative estimate of drug-likeness (QED) is 0.909. The Morgan fingerprint density at radius 2 is 2.12 bits per heavy atom. The summed E-state index contributed by atoms with van der Waals surface area (Å²) in [7, 11) is 3.41. The second-order valence-electron chi connectivity index (χ2n) is 3.38. The number of ether oxygens (including phenoxy) is 1. The van der Waals surface area contributed by atoms with Gasteiger partial charge < -0.3 is 10.1 Å². The molecule has 0 unspecified atom stereocenters. The summed E-state index contributed by atoms with van der Waals surface area (Å²) in [5, 5.41) is 3.58. The first-order valence-electron chi connectivity index (χ1n) is 5.08. The molecule has 2 aromatic rings. The molecule has 0 bridgehead atoms. The summed E-state index contributed by atoms with van der Waals surface area (Å²) in [6, 6.07) is 5.40. The molecule has 0 saturated heterocycles. The predicted molar refractivity (Wildman–Crippen MR) is 68.6 cm³/mol. The van der Waals surface area contributed by atoms with Gasteiger partial charge in [0, 0.05) is 17.6 Å². The summed E-state index contributed by atoms with van der Waals surface area (Å²) in [4.78, 5) is 8.51. The molecule has 0 aliphatic rings. The molecule has 0 aliphatic carbocycles. The summed E-state index contributed by atoms with van der Waals surface area (Å²) in [6.45, 7) is 0. The lowest BCUT2D eigenvalue weighted by Crippen LogP contribution is -1.96. The minimum atomic E-state index is 0.637. The van der Waals surface area contributed by atoms with Crippen LogP contribution < -0.4 is 10.1 Å². The zero-order valence-electron chi connectivity index (χ0n) is 9.57. The molecule has 1 aromatic carbocycles. The first kappa shape index (κ1) is 11.7. The summed E-state index contributed by atoms with van der Waals surface area (Å²) in [5.41, 5.74) is 1.54. The van der Waals surface area contributed by atoms with Gasteiger partial charge in [-0.15, -0.1) is 0 Å². The molecule has 0 atom stereocenters. The van der Waals surface area contributed by atoms with Crippen molar-refractivity contribution >= 4 is 17.4 Å². The molecule has 1 aromatic heterocycles. The van der Waals surface area contributed by atoms with Crippen LogP contribution in [0, 0.1) is 0 Å². The molecule has 1 heterocycles. The van der Waals surface area contributed by atoms with Crippen LogP contribution in [-0.4, -0.2) is 24.1 Å². The van der Waals surface area contributed by atoms with Crippen molar-refractivity contribution in [2.75, 3.05) is 19.5 Å². The van der Waals surface area contributed by atoms with E-state index in [2.05, 4.69) is 15.3 Å². The van der Waals surface area contributed by atoms with Gasteiger partial charge in [0.25, 0.3) is 0 Å². The molecule has 0 fully saturated rings. The van der Waals surface area contributed by atoms with Crippen molar-refractivity contribution in [2.24, 2.45) is 0 Å². The molecule has 88 valence electrons. The number of aromatic nitrogens is 2. The van der Waals surface area contributed by atoms with Gasteiger partial charge in [-0.25, -0.2) is 4.98 Å². The van der Waals surface area contributed by atoms with E-state index < -0.39 is 0 Å². The number of rotatable bonds is 3. The smallest absolute Gasteiger partial charge is 0.144 e. The van der Waals surface area contributed by atoms with Crippen molar-refractivity contribution in [1.29, 1.82) is 0 Å². The number of anilines is 1. The largest absolute Gasteiger partial charge is 0.496 e. The fourth-order valence-electron chi connectivity index (χ4n) is 1.50. The maximum atomic E-state index is 5.98. The third-order valence-corrected chi connectivity index (χ3v) is 2.56. The highest BCUT2D eigenvalue weighted by atomic mass is 35.5. The second kappa shape index (κ2) is 5.01. The Labute approximate surface area is 105 Å². The van der Waals surface area contributed by atoms with Crippen molar-refractivity contribution in [2.45, 2.75) is 0 Å². The van der Waals surface area contributed by atoms with Crippen LogP contribution >= 0.6 is 11.6 Å². The van der Waals surface area contributed by atoms with Gasteiger partial charge in [0.05, 0.1) is 25.2 Å². The number of halogens is 1. The first-order valence-corrected chi connectivity index (χ1v) is 5.46. The Balaban J connectivity index is 2.54. The summed E-state index contributed by atoms with van der Waals surface area (Å²) < 4.78 is 5.28. The van der Waals surface area contributed by atoms with Crippen molar-refractivity contribution < 1.29 is 4.74 Å². The highest BCUT2D eigenvalue weighted by Gasteiger charge is 2.08. The maximum absolute atomic E-state index is 5.98. The van der Waals surface area contributed by atoms with E-state index in [1.54, 1.807) is 32.6 Å². The number of nitrogens with zero attached hydrogens (tertiary/aromatic N) is 2. The third kappa shape index (κ3) is 2.47. The predicted octanol–water partition coefficient (Wildman–Crippen LogP) is 2.85. The summed E-state index contributed by atoms with van der Waals surface area (Å²) in [5.74, 6) is 1.42. The molecule has 4 nitrogen and oxygen atoms in total. The summed E-state index contributed by atoms with van der Waals surface area (Å²) >= 11 is 5.98. The van der Waals surface area contributed by atoms with Crippen LogP contribution in [0.1, 0.15) is 0 Å². The first-order chi connectivity index (χ1) is 8.24. The lowest BCUT2D eigenvalue weighted by Gasteiger charge is -2.09. The van der Waals surface area contributed by atoms with Crippen LogP contribution in [0.15, 0.2) is 30.6 Å². The lowest BCUT2D eigenvalue weighted by molar-refractivity contribution is 0.416. The number of hydrogen-bond donors (Lipinski definition) is 1. The monoisotopic (exact) mass is 249 g/mol. The fraction of sp³-hybridized carbons (Fsp3) is 0.167. The minimum absolute atomic E-state index is 0.637. The molecule has 0 aliphatic heterocycles. The second-order valence-corrected chi connectivity index (χ2v) is 3.82. The van der Waals surface area contributed by atoms with Crippen LogP contribution in [0.2, 0.25) is 5.02 Å². The number of methoxy groups -OCH3 is 1. The molecule has 5 heteroatoms. The van der Waals surface area contributed by atoms with Gasteiger partial charge in [-0.3, -0.25) is 4.98 Å². The summed E-state index contributed by atoms with van der Waals surface area (Å²) in [6.07, 6.45) is 3.33. The molecule has 1 N–H and O–H groups in total.